The Morgan fingerprint density at radius 2 is 1.55 bits per heavy atom. The van der Waals surface area contributed by atoms with Crippen molar-refractivity contribution in [2.45, 2.75) is 26.2 Å². The van der Waals surface area contributed by atoms with E-state index in [1.54, 1.807) is 19.2 Å². The van der Waals surface area contributed by atoms with Crippen LogP contribution in [0.4, 0.5) is 13.2 Å². The van der Waals surface area contributed by atoms with Gasteiger partial charge < -0.3 is 19.3 Å². The highest BCUT2D eigenvalue weighted by atomic mass is 19.4. The van der Waals surface area contributed by atoms with E-state index in [0.29, 0.717) is 18.7 Å². The van der Waals surface area contributed by atoms with E-state index in [0.717, 1.165) is 44.2 Å². The Labute approximate surface area is 169 Å². The van der Waals surface area contributed by atoms with E-state index in [4.69, 9.17) is 9.47 Å². The Morgan fingerprint density at radius 3 is 2.17 bits per heavy atom. The Bertz CT molecular complexity index is 803. The van der Waals surface area contributed by atoms with E-state index in [9.17, 15) is 13.2 Å². The average Bonchev–Trinajstić information content (AvgIpc) is 2.70. The van der Waals surface area contributed by atoms with E-state index in [1.807, 2.05) is 25.1 Å². The van der Waals surface area contributed by atoms with Gasteiger partial charge in [0.05, 0.1) is 19.3 Å². The Morgan fingerprint density at radius 1 is 0.897 bits per heavy atom. The molecule has 4 nitrogen and oxygen atoms in total. The van der Waals surface area contributed by atoms with Crippen LogP contribution in [-0.2, 0) is 19.3 Å². The molecule has 7 heteroatoms. The normalized spacial score (nSPS) is 19.8. The molecular weight excluding hydrogens is 381 g/mol. The molecule has 2 aromatic carbocycles. The van der Waals surface area contributed by atoms with Crippen molar-refractivity contribution in [2.24, 2.45) is 0 Å². The average molecular weight is 410 g/mol. The number of hydrogen-bond acceptors (Lipinski definition) is 2. The topological polar surface area (TPSA) is 27.3 Å². The van der Waals surface area contributed by atoms with Gasteiger partial charge in [0.1, 0.15) is 39.3 Å². The van der Waals surface area contributed by atoms with E-state index in [2.05, 4.69) is 0 Å². The second kappa shape index (κ2) is 9.50. The molecule has 0 aromatic heterocycles. The minimum absolute atomic E-state index is 0.384. The number of halogens is 3. The number of piperazine rings is 1. The predicted molar refractivity (Wildman–Crippen MR) is 104 cm³/mol. The fourth-order valence-electron chi connectivity index (χ4n) is 3.92. The molecule has 0 amide bonds. The first-order chi connectivity index (χ1) is 13.9. The lowest BCUT2D eigenvalue weighted by Crippen LogP contribution is -3.27. The lowest BCUT2D eigenvalue weighted by molar-refractivity contribution is -1.02. The third-order valence-corrected chi connectivity index (χ3v) is 5.41. The van der Waals surface area contributed by atoms with Crippen molar-refractivity contribution < 1.29 is 32.4 Å². The molecule has 1 saturated heterocycles. The number of rotatable bonds is 7. The molecule has 3 rings (SSSR count). The molecule has 29 heavy (non-hydrogen) atoms. The van der Waals surface area contributed by atoms with Crippen molar-refractivity contribution in [2.75, 3.05) is 39.9 Å². The highest BCUT2D eigenvalue weighted by Crippen LogP contribution is 2.31. The van der Waals surface area contributed by atoms with Crippen molar-refractivity contribution in [3.8, 4) is 11.5 Å². The van der Waals surface area contributed by atoms with Crippen LogP contribution in [0.1, 0.15) is 23.6 Å². The zero-order valence-electron chi connectivity index (χ0n) is 16.9. The first-order valence-electron chi connectivity index (χ1n) is 10.0. The van der Waals surface area contributed by atoms with Crippen LogP contribution < -0.4 is 19.3 Å². The summed E-state index contributed by atoms with van der Waals surface area (Å²) < 4.78 is 50.6. The van der Waals surface area contributed by atoms with Crippen LogP contribution in [0.5, 0.6) is 11.5 Å². The zero-order valence-corrected chi connectivity index (χ0v) is 16.9. The van der Waals surface area contributed by atoms with Gasteiger partial charge in [-0.15, -0.1) is 0 Å². The lowest BCUT2D eigenvalue weighted by atomic mass is 10.1. The molecule has 1 heterocycles. The molecule has 1 aliphatic rings. The zero-order chi connectivity index (χ0) is 20.9. The van der Waals surface area contributed by atoms with Crippen LogP contribution in [-0.4, -0.2) is 39.9 Å². The molecule has 0 bridgehead atoms. The number of benzene rings is 2. The maximum atomic E-state index is 13.2. The second-order valence-corrected chi connectivity index (χ2v) is 7.43. The molecule has 158 valence electrons. The summed E-state index contributed by atoms with van der Waals surface area (Å²) in [5.74, 6) is 1.48. The molecule has 0 radical (unpaired) electrons. The predicted octanol–water partition coefficient (Wildman–Crippen LogP) is 1.60. The van der Waals surface area contributed by atoms with Crippen molar-refractivity contribution in [3.63, 3.8) is 0 Å². The van der Waals surface area contributed by atoms with Gasteiger partial charge in [-0.1, -0.05) is 18.2 Å². The van der Waals surface area contributed by atoms with Crippen LogP contribution in [0.15, 0.2) is 42.5 Å². The first-order valence-corrected chi connectivity index (χ1v) is 10.0. The molecule has 0 atom stereocenters. The summed E-state index contributed by atoms with van der Waals surface area (Å²) in [4.78, 5) is 2.64. The van der Waals surface area contributed by atoms with Gasteiger partial charge in [0.2, 0.25) is 0 Å². The number of methoxy groups -OCH3 is 1. The van der Waals surface area contributed by atoms with Crippen LogP contribution >= 0.6 is 0 Å². The van der Waals surface area contributed by atoms with Crippen LogP contribution in [0.3, 0.4) is 0 Å². The summed E-state index contributed by atoms with van der Waals surface area (Å²) in [5.41, 5.74) is 1.05. The minimum Gasteiger partial charge on any atom is -0.493 e. The first kappa shape index (κ1) is 21.5. The Balaban J connectivity index is 1.57. The summed E-state index contributed by atoms with van der Waals surface area (Å²) in [6, 6.07) is 11.9. The molecule has 2 N–H and O–H groups in total. The highest BCUT2D eigenvalue weighted by molar-refractivity contribution is 5.42. The van der Waals surface area contributed by atoms with E-state index in [-0.39, 0.29) is 0 Å². The Kier molecular flexibility index (Phi) is 7.03. The van der Waals surface area contributed by atoms with E-state index < -0.39 is 11.7 Å². The van der Waals surface area contributed by atoms with Crippen molar-refractivity contribution in [3.05, 3.63) is 59.2 Å². The van der Waals surface area contributed by atoms with Gasteiger partial charge in [0.25, 0.3) is 0 Å². The number of nitrogens with one attached hydrogen (secondary N) is 2. The van der Waals surface area contributed by atoms with Crippen molar-refractivity contribution >= 4 is 0 Å². The number of quaternary nitrogens is 2. The van der Waals surface area contributed by atoms with Crippen LogP contribution in [0.25, 0.3) is 0 Å². The van der Waals surface area contributed by atoms with Gasteiger partial charge in [-0.2, -0.15) is 13.2 Å². The highest BCUT2D eigenvalue weighted by Gasteiger charge is 2.34. The smallest absolute Gasteiger partial charge is 0.416 e. The van der Waals surface area contributed by atoms with Gasteiger partial charge in [0, 0.05) is 11.1 Å². The Hall–Kier alpha value is -2.25. The fraction of sp³-hybridized carbons (Fsp3) is 0.455. The molecule has 0 aliphatic carbocycles. The van der Waals surface area contributed by atoms with E-state index >= 15 is 0 Å². The van der Waals surface area contributed by atoms with Gasteiger partial charge in [0.15, 0.2) is 11.5 Å². The number of ether oxygens (including phenoxy) is 2. The van der Waals surface area contributed by atoms with Crippen molar-refractivity contribution in [1.29, 1.82) is 0 Å². The number of hydrogen-bond donors (Lipinski definition) is 2. The number of alkyl halides is 3. The fourth-order valence-corrected chi connectivity index (χ4v) is 3.92. The molecular formula is C22H29F3N2O2+2. The third kappa shape index (κ3) is 5.64. The van der Waals surface area contributed by atoms with Crippen molar-refractivity contribution in [1.82, 2.24) is 0 Å². The summed E-state index contributed by atoms with van der Waals surface area (Å²) in [6.07, 6.45) is -4.30. The largest absolute Gasteiger partial charge is 0.493 e. The van der Waals surface area contributed by atoms with Gasteiger partial charge in [-0.3, -0.25) is 0 Å². The maximum Gasteiger partial charge on any atom is 0.416 e. The van der Waals surface area contributed by atoms with Crippen LogP contribution in [0.2, 0.25) is 0 Å². The minimum atomic E-state index is -4.30. The second-order valence-electron chi connectivity index (χ2n) is 7.43. The lowest BCUT2D eigenvalue weighted by Gasteiger charge is -2.30. The van der Waals surface area contributed by atoms with Gasteiger partial charge >= 0.3 is 6.18 Å². The maximum absolute atomic E-state index is 13.2. The molecule has 0 unspecified atom stereocenters. The SMILES string of the molecule is CCOc1cc(C[NH+]2CC[NH+](Cc3ccccc3C(F)(F)F)CC2)ccc1OC. The molecule has 0 spiro atoms. The molecule has 1 fully saturated rings. The summed E-state index contributed by atoms with van der Waals surface area (Å²) in [5, 5.41) is 0. The quantitative estimate of drug-likeness (QED) is 0.726. The molecule has 1 aliphatic heterocycles. The summed E-state index contributed by atoms with van der Waals surface area (Å²) in [7, 11) is 1.63. The molecule has 2 aromatic rings. The summed E-state index contributed by atoms with van der Waals surface area (Å²) in [6.45, 7) is 7.38. The van der Waals surface area contributed by atoms with E-state index in [1.165, 1.54) is 27.5 Å². The van der Waals surface area contributed by atoms with Gasteiger partial charge in [-0.05, 0) is 31.2 Å². The van der Waals surface area contributed by atoms with Gasteiger partial charge in [-0.25, -0.2) is 0 Å². The molecule has 0 saturated carbocycles. The summed E-state index contributed by atoms with van der Waals surface area (Å²) >= 11 is 0. The van der Waals surface area contributed by atoms with Crippen LogP contribution in [0, 0.1) is 0 Å². The standard InChI is InChI=1S/C22H27F3N2O2/c1-3-29-21-14-17(8-9-20(21)28-2)15-26-10-12-27(13-11-26)16-18-6-4-5-7-19(18)22(23,24)25/h4-9,14H,3,10-13,15-16H2,1-2H3/p+2. The third-order valence-electron chi connectivity index (χ3n) is 5.41. The monoisotopic (exact) mass is 410 g/mol.